The van der Waals surface area contributed by atoms with Gasteiger partial charge in [0.05, 0.1) is 17.3 Å². The zero-order chi connectivity index (χ0) is 11.1. The first-order chi connectivity index (χ1) is 7.75. The van der Waals surface area contributed by atoms with E-state index in [0.29, 0.717) is 11.6 Å². The Hall–Kier alpha value is -1.56. The van der Waals surface area contributed by atoms with Crippen molar-refractivity contribution in [2.75, 3.05) is 11.5 Å². The molecular weight excluding hydrogens is 222 g/mol. The van der Waals surface area contributed by atoms with E-state index >= 15 is 0 Å². The van der Waals surface area contributed by atoms with E-state index in [1.165, 1.54) is 5.70 Å². The summed E-state index contributed by atoms with van der Waals surface area (Å²) in [5.74, 6) is 2.29. The highest BCUT2D eigenvalue weighted by atomic mass is 32.2. The predicted molar refractivity (Wildman–Crippen MR) is 65.8 cm³/mol. The van der Waals surface area contributed by atoms with Gasteiger partial charge in [-0.05, 0) is 18.8 Å². The van der Waals surface area contributed by atoms with Crippen LogP contribution in [0, 0.1) is 6.92 Å². The monoisotopic (exact) mass is 233 g/mol. The van der Waals surface area contributed by atoms with Gasteiger partial charge in [-0.2, -0.15) is 5.10 Å². The molecule has 0 aliphatic carbocycles. The van der Waals surface area contributed by atoms with Gasteiger partial charge in [0.2, 0.25) is 0 Å². The number of nitrogens with two attached hydrogens (primary N) is 1. The molecule has 5 nitrogen and oxygen atoms in total. The molecule has 3 rings (SSSR count). The number of nitrogen functional groups attached to an aromatic ring is 1. The predicted octanol–water partition coefficient (Wildman–Crippen LogP) is 1.65. The third-order valence-corrected chi connectivity index (χ3v) is 3.42. The van der Waals surface area contributed by atoms with Crippen molar-refractivity contribution in [1.29, 1.82) is 0 Å². The first kappa shape index (κ1) is 9.65. The molecule has 82 valence electrons. The van der Waals surface area contributed by atoms with Gasteiger partial charge in [0, 0.05) is 5.75 Å². The molecule has 3 heterocycles. The summed E-state index contributed by atoms with van der Waals surface area (Å²) in [7, 11) is 0. The summed E-state index contributed by atoms with van der Waals surface area (Å²) in [6.07, 6.45) is 2.75. The third-order valence-electron chi connectivity index (χ3n) is 2.54. The van der Waals surface area contributed by atoms with Crippen LogP contribution in [0.3, 0.4) is 0 Å². The molecule has 0 radical (unpaired) electrons. The first-order valence-electron chi connectivity index (χ1n) is 5.04. The molecule has 0 amide bonds. The van der Waals surface area contributed by atoms with Gasteiger partial charge in [0.15, 0.2) is 5.65 Å². The molecule has 0 atom stereocenters. The van der Waals surface area contributed by atoms with Crippen molar-refractivity contribution in [3.05, 3.63) is 17.4 Å². The number of hydrogen-bond donors (Lipinski definition) is 1. The fourth-order valence-corrected chi connectivity index (χ4v) is 2.64. The molecule has 2 aromatic heterocycles. The van der Waals surface area contributed by atoms with Crippen LogP contribution < -0.4 is 5.73 Å². The standard InChI is InChI=1S/C10H11N5S/c1-6-13-9(11)8-4-12-15(10(8)14-6)7-2-3-16-5-7/h4-5H,2-3H2,1H3,(H2,11,13,14). The largest absolute Gasteiger partial charge is 0.383 e. The Labute approximate surface area is 96.8 Å². The van der Waals surface area contributed by atoms with Crippen LogP contribution in [0.2, 0.25) is 0 Å². The number of aromatic nitrogens is 4. The second-order valence-electron chi connectivity index (χ2n) is 3.68. The minimum atomic E-state index is 0.500. The van der Waals surface area contributed by atoms with Crippen molar-refractivity contribution in [3.8, 4) is 0 Å². The lowest BCUT2D eigenvalue weighted by Crippen LogP contribution is -2.02. The van der Waals surface area contributed by atoms with Gasteiger partial charge >= 0.3 is 0 Å². The van der Waals surface area contributed by atoms with E-state index in [1.807, 2.05) is 11.6 Å². The lowest BCUT2D eigenvalue weighted by molar-refractivity contribution is 0.882. The quantitative estimate of drug-likeness (QED) is 0.811. The molecular formula is C10H11N5S. The molecule has 0 saturated heterocycles. The van der Waals surface area contributed by atoms with Crippen LogP contribution in [0.25, 0.3) is 16.7 Å². The first-order valence-corrected chi connectivity index (χ1v) is 6.09. The van der Waals surface area contributed by atoms with Gasteiger partial charge in [-0.3, -0.25) is 0 Å². The SMILES string of the molecule is Cc1nc(N)c2cnn(C3=CSCC3)c2n1. The van der Waals surface area contributed by atoms with E-state index < -0.39 is 0 Å². The van der Waals surface area contributed by atoms with Crippen LogP contribution in [0.4, 0.5) is 5.82 Å². The van der Waals surface area contributed by atoms with Gasteiger partial charge in [-0.25, -0.2) is 14.6 Å². The summed E-state index contributed by atoms with van der Waals surface area (Å²) in [6, 6.07) is 0. The van der Waals surface area contributed by atoms with Crippen LogP contribution in [0.5, 0.6) is 0 Å². The lowest BCUT2D eigenvalue weighted by atomic mass is 10.3. The zero-order valence-corrected chi connectivity index (χ0v) is 9.66. The number of rotatable bonds is 1. The lowest BCUT2D eigenvalue weighted by Gasteiger charge is -2.03. The Kier molecular flexibility index (Phi) is 2.10. The van der Waals surface area contributed by atoms with Crippen LogP contribution >= 0.6 is 11.8 Å². The molecule has 0 aromatic carbocycles. The van der Waals surface area contributed by atoms with E-state index in [4.69, 9.17) is 5.73 Å². The normalized spacial score (nSPS) is 15.7. The van der Waals surface area contributed by atoms with E-state index in [9.17, 15) is 0 Å². The third kappa shape index (κ3) is 1.37. The van der Waals surface area contributed by atoms with Gasteiger partial charge in [-0.15, -0.1) is 11.8 Å². The smallest absolute Gasteiger partial charge is 0.168 e. The van der Waals surface area contributed by atoms with Crippen molar-refractivity contribution in [1.82, 2.24) is 19.7 Å². The fourth-order valence-electron chi connectivity index (χ4n) is 1.79. The van der Waals surface area contributed by atoms with Crippen LogP contribution in [0.15, 0.2) is 11.6 Å². The number of allylic oxidation sites excluding steroid dienone is 1. The molecule has 6 heteroatoms. The molecule has 1 aliphatic rings. The number of fused-ring (bicyclic) bond motifs is 1. The van der Waals surface area contributed by atoms with Gasteiger partial charge in [0.25, 0.3) is 0 Å². The second kappa shape index (κ2) is 3.48. The Morgan fingerprint density at radius 2 is 2.31 bits per heavy atom. The minimum Gasteiger partial charge on any atom is -0.383 e. The van der Waals surface area contributed by atoms with E-state index in [1.54, 1.807) is 18.0 Å². The maximum atomic E-state index is 5.84. The number of thioether (sulfide) groups is 1. The average Bonchev–Trinajstić information content (AvgIpc) is 2.83. The molecule has 2 aromatic rings. The van der Waals surface area contributed by atoms with Crippen molar-refractivity contribution in [3.63, 3.8) is 0 Å². The Balaban J connectivity index is 2.26. The van der Waals surface area contributed by atoms with Crippen LogP contribution in [-0.4, -0.2) is 25.5 Å². The topological polar surface area (TPSA) is 69.6 Å². The van der Waals surface area contributed by atoms with E-state index in [2.05, 4.69) is 20.5 Å². The van der Waals surface area contributed by atoms with Crippen LogP contribution in [-0.2, 0) is 0 Å². The summed E-state index contributed by atoms with van der Waals surface area (Å²) in [6.45, 7) is 1.84. The van der Waals surface area contributed by atoms with E-state index in [-0.39, 0.29) is 0 Å². The molecule has 16 heavy (non-hydrogen) atoms. The van der Waals surface area contributed by atoms with E-state index in [0.717, 1.165) is 23.2 Å². The molecule has 2 N–H and O–H groups in total. The number of nitrogens with zero attached hydrogens (tertiary/aromatic N) is 4. The fraction of sp³-hybridized carbons (Fsp3) is 0.300. The number of hydrogen-bond acceptors (Lipinski definition) is 5. The molecule has 1 aliphatic heterocycles. The minimum absolute atomic E-state index is 0.500. The molecule has 0 bridgehead atoms. The maximum absolute atomic E-state index is 5.84. The summed E-state index contributed by atoms with van der Waals surface area (Å²) >= 11 is 1.80. The molecule has 0 spiro atoms. The average molecular weight is 233 g/mol. The van der Waals surface area contributed by atoms with Crippen molar-refractivity contribution < 1.29 is 0 Å². The van der Waals surface area contributed by atoms with Gasteiger partial charge in [-0.1, -0.05) is 0 Å². The molecule has 0 fully saturated rings. The van der Waals surface area contributed by atoms with Crippen molar-refractivity contribution >= 4 is 34.3 Å². The zero-order valence-electron chi connectivity index (χ0n) is 8.84. The van der Waals surface area contributed by atoms with Gasteiger partial charge in [0.1, 0.15) is 11.6 Å². The summed E-state index contributed by atoms with van der Waals surface area (Å²) in [5.41, 5.74) is 7.82. The highest BCUT2D eigenvalue weighted by molar-refractivity contribution is 8.02. The van der Waals surface area contributed by atoms with Crippen molar-refractivity contribution in [2.45, 2.75) is 13.3 Å². The Morgan fingerprint density at radius 3 is 3.06 bits per heavy atom. The summed E-state index contributed by atoms with van der Waals surface area (Å²) in [5, 5.41) is 7.28. The van der Waals surface area contributed by atoms with Crippen molar-refractivity contribution in [2.24, 2.45) is 0 Å². The molecule has 0 saturated carbocycles. The maximum Gasteiger partial charge on any atom is 0.168 e. The summed E-state index contributed by atoms with van der Waals surface area (Å²) < 4.78 is 1.86. The Bertz CT molecular complexity index is 586. The second-order valence-corrected chi connectivity index (χ2v) is 4.66. The number of anilines is 1. The highest BCUT2D eigenvalue weighted by Crippen LogP contribution is 2.28. The summed E-state index contributed by atoms with van der Waals surface area (Å²) in [4.78, 5) is 8.53. The molecule has 0 unspecified atom stereocenters. The van der Waals surface area contributed by atoms with Gasteiger partial charge < -0.3 is 5.73 Å². The highest BCUT2D eigenvalue weighted by Gasteiger charge is 2.14. The Morgan fingerprint density at radius 1 is 1.44 bits per heavy atom. The number of aryl methyl sites for hydroxylation is 1. The van der Waals surface area contributed by atoms with Crippen LogP contribution in [0.1, 0.15) is 12.2 Å².